The third-order valence-corrected chi connectivity index (χ3v) is 3.72. The average molecular weight is 235 g/mol. The van der Waals surface area contributed by atoms with Crippen LogP contribution in [0.5, 0.6) is 0 Å². The number of rotatable bonds is 5. The van der Waals surface area contributed by atoms with E-state index in [9.17, 15) is 8.42 Å². The highest BCUT2D eigenvalue weighted by molar-refractivity contribution is 7.92. The predicted octanol–water partition coefficient (Wildman–Crippen LogP) is 1.39. The molecule has 0 amide bonds. The van der Waals surface area contributed by atoms with Crippen LogP contribution in [0.25, 0.3) is 0 Å². The van der Waals surface area contributed by atoms with E-state index in [1.54, 1.807) is 6.92 Å². The standard InChI is InChI=1S/C7H13N3O2S2/c1-3-4-5-14(11,12)10-7-8-6(2)9-13-7/h3-5H2,1-2H3,(H,8,9,10). The molecule has 0 radical (unpaired) electrons. The molecule has 14 heavy (non-hydrogen) atoms. The molecule has 0 aliphatic carbocycles. The first-order valence-electron chi connectivity index (χ1n) is 4.34. The van der Waals surface area contributed by atoms with Crippen molar-refractivity contribution in [3.8, 4) is 0 Å². The van der Waals surface area contributed by atoms with E-state index in [4.69, 9.17) is 0 Å². The van der Waals surface area contributed by atoms with Gasteiger partial charge in [0.25, 0.3) is 0 Å². The van der Waals surface area contributed by atoms with Gasteiger partial charge in [0.15, 0.2) is 0 Å². The van der Waals surface area contributed by atoms with Crippen molar-refractivity contribution in [2.45, 2.75) is 26.7 Å². The van der Waals surface area contributed by atoms with Crippen LogP contribution < -0.4 is 4.72 Å². The van der Waals surface area contributed by atoms with Gasteiger partial charge in [0.2, 0.25) is 15.2 Å². The number of nitrogens with zero attached hydrogens (tertiary/aromatic N) is 2. The largest absolute Gasteiger partial charge is 0.257 e. The minimum Gasteiger partial charge on any atom is -0.257 e. The summed E-state index contributed by atoms with van der Waals surface area (Å²) in [6, 6.07) is 0. The Morgan fingerprint density at radius 2 is 2.21 bits per heavy atom. The van der Waals surface area contributed by atoms with Crippen molar-refractivity contribution >= 4 is 26.7 Å². The third kappa shape index (κ3) is 3.59. The van der Waals surface area contributed by atoms with Gasteiger partial charge in [-0.2, -0.15) is 4.37 Å². The van der Waals surface area contributed by atoms with Crippen LogP contribution in [-0.2, 0) is 10.0 Å². The lowest BCUT2D eigenvalue weighted by Crippen LogP contribution is -2.16. The first kappa shape index (κ1) is 11.4. The Morgan fingerprint density at radius 1 is 1.50 bits per heavy atom. The Labute approximate surface area is 87.8 Å². The van der Waals surface area contributed by atoms with E-state index < -0.39 is 10.0 Å². The highest BCUT2D eigenvalue weighted by Crippen LogP contribution is 2.12. The van der Waals surface area contributed by atoms with Crippen LogP contribution in [0.3, 0.4) is 0 Å². The summed E-state index contributed by atoms with van der Waals surface area (Å²) in [4.78, 5) is 3.92. The number of sulfonamides is 1. The van der Waals surface area contributed by atoms with Crippen molar-refractivity contribution in [3.63, 3.8) is 0 Å². The number of hydrogen-bond acceptors (Lipinski definition) is 5. The van der Waals surface area contributed by atoms with Crippen molar-refractivity contribution in [2.75, 3.05) is 10.5 Å². The van der Waals surface area contributed by atoms with Gasteiger partial charge in [0.1, 0.15) is 5.82 Å². The maximum absolute atomic E-state index is 11.4. The van der Waals surface area contributed by atoms with Crippen molar-refractivity contribution in [2.24, 2.45) is 0 Å². The smallest absolute Gasteiger partial charge is 0.234 e. The van der Waals surface area contributed by atoms with E-state index in [0.717, 1.165) is 18.0 Å². The summed E-state index contributed by atoms with van der Waals surface area (Å²) in [5.41, 5.74) is 0. The van der Waals surface area contributed by atoms with Crippen LogP contribution in [0.4, 0.5) is 5.13 Å². The van der Waals surface area contributed by atoms with E-state index in [1.807, 2.05) is 6.92 Å². The molecule has 1 heterocycles. The Morgan fingerprint density at radius 3 is 2.71 bits per heavy atom. The van der Waals surface area contributed by atoms with Gasteiger partial charge in [-0.25, -0.2) is 13.4 Å². The number of aromatic nitrogens is 2. The lowest BCUT2D eigenvalue weighted by molar-refractivity contribution is 0.598. The van der Waals surface area contributed by atoms with Crippen LogP contribution in [0.15, 0.2) is 0 Å². The molecule has 5 nitrogen and oxygen atoms in total. The fourth-order valence-corrected chi connectivity index (χ4v) is 2.90. The quantitative estimate of drug-likeness (QED) is 0.837. The van der Waals surface area contributed by atoms with Gasteiger partial charge in [0, 0.05) is 11.5 Å². The van der Waals surface area contributed by atoms with Crippen molar-refractivity contribution < 1.29 is 8.42 Å². The van der Waals surface area contributed by atoms with Gasteiger partial charge >= 0.3 is 0 Å². The van der Waals surface area contributed by atoms with E-state index >= 15 is 0 Å². The Bertz CT molecular complexity index is 385. The average Bonchev–Trinajstić information content (AvgIpc) is 2.47. The minimum absolute atomic E-state index is 0.141. The fourth-order valence-electron chi connectivity index (χ4n) is 0.857. The molecule has 0 aliphatic rings. The Kier molecular flexibility index (Phi) is 3.82. The summed E-state index contributed by atoms with van der Waals surface area (Å²) in [7, 11) is -3.23. The van der Waals surface area contributed by atoms with Gasteiger partial charge in [0.05, 0.1) is 5.75 Å². The molecule has 7 heteroatoms. The molecule has 0 spiro atoms. The first-order valence-corrected chi connectivity index (χ1v) is 6.77. The predicted molar refractivity (Wildman–Crippen MR) is 57.0 cm³/mol. The summed E-state index contributed by atoms with van der Waals surface area (Å²) < 4.78 is 29.1. The van der Waals surface area contributed by atoms with Crippen LogP contribution >= 0.6 is 11.5 Å². The molecule has 0 unspecified atom stereocenters. The zero-order chi connectivity index (χ0) is 10.6. The summed E-state index contributed by atoms with van der Waals surface area (Å²) in [6.07, 6.45) is 1.52. The number of anilines is 1. The highest BCUT2D eigenvalue weighted by Gasteiger charge is 2.11. The van der Waals surface area contributed by atoms with Gasteiger partial charge in [-0.15, -0.1) is 0 Å². The maximum atomic E-state index is 11.4. The monoisotopic (exact) mass is 235 g/mol. The molecular formula is C7H13N3O2S2. The fraction of sp³-hybridized carbons (Fsp3) is 0.714. The Hall–Kier alpha value is -0.690. The summed E-state index contributed by atoms with van der Waals surface area (Å²) >= 11 is 1.06. The van der Waals surface area contributed by atoms with Crippen LogP contribution in [0, 0.1) is 6.92 Å². The third-order valence-electron chi connectivity index (χ3n) is 1.54. The topological polar surface area (TPSA) is 72.0 Å². The molecule has 1 aromatic rings. The first-order chi connectivity index (χ1) is 6.53. The molecule has 0 saturated carbocycles. The Balaban J connectivity index is 2.59. The number of unbranched alkanes of at least 4 members (excludes halogenated alkanes) is 1. The van der Waals surface area contributed by atoms with Crippen LogP contribution in [0.1, 0.15) is 25.6 Å². The summed E-state index contributed by atoms with van der Waals surface area (Å²) in [6.45, 7) is 3.67. The zero-order valence-corrected chi connectivity index (χ0v) is 9.78. The SMILES string of the molecule is CCCCS(=O)(=O)Nc1nc(C)ns1. The van der Waals surface area contributed by atoms with Crippen molar-refractivity contribution in [3.05, 3.63) is 5.82 Å². The molecule has 1 aromatic heterocycles. The maximum Gasteiger partial charge on any atom is 0.234 e. The highest BCUT2D eigenvalue weighted by atomic mass is 32.2. The molecule has 0 aromatic carbocycles. The second kappa shape index (κ2) is 4.70. The van der Waals surface area contributed by atoms with Gasteiger partial charge in [-0.3, -0.25) is 4.72 Å². The second-order valence-corrected chi connectivity index (χ2v) is 5.51. The molecule has 1 N–H and O–H groups in total. The van der Waals surface area contributed by atoms with Crippen molar-refractivity contribution in [1.29, 1.82) is 0 Å². The van der Waals surface area contributed by atoms with Crippen LogP contribution in [-0.4, -0.2) is 23.5 Å². The molecule has 0 saturated heterocycles. The lowest BCUT2D eigenvalue weighted by Gasteiger charge is -2.02. The lowest BCUT2D eigenvalue weighted by atomic mass is 10.4. The summed E-state index contributed by atoms with van der Waals surface area (Å²) in [5, 5.41) is 0.346. The van der Waals surface area contributed by atoms with Crippen LogP contribution in [0.2, 0.25) is 0 Å². The zero-order valence-electron chi connectivity index (χ0n) is 8.15. The van der Waals surface area contributed by atoms with Gasteiger partial charge in [-0.05, 0) is 13.3 Å². The van der Waals surface area contributed by atoms with E-state index in [-0.39, 0.29) is 5.75 Å². The molecule has 1 rings (SSSR count). The molecule has 0 aliphatic heterocycles. The second-order valence-electron chi connectivity index (χ2n) is 2.92. The molecule has 0 atom stereocenters. The number of nitrogens with one attached hydrogen (secondary N) is 1. The normalized spacial score (nSPS) is 11.6. The van der Waals surface area contributed by atoms with E-state index in [2.05, 4.69) is 14.1 Å². The number of hydrogen-bond donors (Lipinski definition) is 1. The minimum atomic E-state index is -3.23. The molecule has 80 valence electrons. The summed E-state index contributed by atoms with van der Waals surface area (Å²) in [5.74, 6) is 0.727. The number of aryl methyl sites for hydroxylation is 1. The van der Waals surface area contributed by atoms with Crippen molar-refractivity contribution in [1.82, 2.24) is 9.36 Å². The van der Waals surface area contributed by atoms with E-state index in [0.29, 0.717) is 17.4 Å². The van der Waals surface area contributed by atoms with Gasteiger partial charge in [-0.1, -0.05) is 13.3 Å². The molecular weight excluding hydrogens is 222 g/mol. The van der Waals surface area contributed by atoms with Gasteiger partial charge < -0.3 is 0 Å². The molecule has 0 bridgehead atoms. The molecule has 0 fully saturated rings. The van der Waals surface area contributed by atoms with E-state index in [1.165, 1.54) is 0 Å².